The van der Waals surface area contributed by atoms with Crippen LogP contribution in [0.1, 0.15) is 39.8 Å². The van der Waals surface area contributed by atoms with Crippen molar-refractivity contribution in [2.75, 3.05) is 0 Å². The number of fused-ring (bicyclic) bond motifs is 3. The number of nitrogens with one attached hydrogen (secondary N) is 1. The predicted molar refractivity (Wildman–Crippen MR) is 89.7 cm³/mol. The molecule has 0 saturated heterocycles. The second-order valence-electron chi connectivity index (χ2n) is 6.13. The molecule has 1 aliphatic carbocycles. The zero-order valence-corrected chi connectivity index (χ0v) is 13.8. The second kappa shape index (κ2) is 5.77. The van der Waals surface area contributed by atoms with Gasteiger partial charge in [-0.25, -0.2) is 9.50 Å². The van der Waals surface area contributed by atoms with Gasteiger partial charge in [-0.3, -0.25) is 4.79 Å². The molecule has 0 aromatic carbocycles. The smallest absolute Gasteiger partial charge is 0.257 e. The molecule has 1 atom stereocenters. The van der Waals surface area contributed by atoms with Gasteiger partial charge in [0.1, 0.15) is 5.56 Å². The lowest BCUT2D eigenvalue weighted by Crippen LogP contribution is -2.22. The van der Waals surface area contributed by atoms with Crippen LogP contribution in [0.25, 0.3) is 5.65 Å². The summed E-state index contributed by atoms with van der Waals surface area (Å²) < 4.78 is 1.85. The number of rotatable bonds is 3. The van der Waals surface area contributed by atoms with Crippen molar-refractivity contribution in [1.82, 2.24) is 19.9 Å². The molecule has 1 N–H and O–H groups in total. The molecular weight excluding hydrogens is 308 g/mol. The minimum Gasteiger partial charge on any atom is -0.347 e. The number of hydrogen-bond donors (Lipinski definition) is 1. The molecule has 1 amide bonds. The van der Waals surface area contributed by atoms with Crippen LogP contribution in [0.5, 0.6) is 0 Å². The Bertz CT molecular complexity index is 853. The monoisotopic (exact) mass is 326 g/mol. The maximum Gasteiger partial charge on any atom is 0.257 e. The Labute approximate surface area is 138 Å². The Morgan fingerprint density at radius 1 is 1.48 bits per heavy atom. The Balaban J connectivity index is 1.62. The summed E-state index contributed by atoms with van der Waals surface area (Å²) in [4.78, 5) is 18.1. The van der Waals surface area contributed by atoms with Gasteiger partial charge in [-0.05, 0) is 42.2 Å². The van der Waals surface area contributed by atoms with Crippen LogP contribution in [0.15, 0.2) is 29.9 Å². The maximum atomic E-state index is 12.4. The molecule has 3 heterocycles. The number of carbonyl (C=O) groups is 1. The Hall–Kier alpha value is -2.21. The van der Waals surface area contributed by atoms with Gasteiger partial charge in [-0.2, -0.15) is 5.10 Å². The summed E-state index contributed by atoms with van der Waals surface area (Å²) >= 11 is 1.63. The summed E-state index contributed by atoms with van der Waals surface area (Å²) in [7, 11) is 0. The van der Waals surface area contributed by atoms with E-state index in [9.17, 15) is 4.79 Å². The lowest BCUT2D eigenvalue weighted by atomic mass is 9.89. The first kappa shape index (κ1) is 14.4. The third-order valence-electron chi connectivity index (χ3n) is 4.40. The van der Waals surface area contributed by atoms with Gasteiger partial charge >= 0.3 is 0 Å². The van der Waals surface area contributed by atoms with Crippen LogP contribution in [0.2, 0.25) is 0 Å². The van der Waals surface area contributed by atoms with Crippen molar-refractivity contribution in [3.05, 3.63) is 51.6 Å². The summed E-state index contributed by atoms with van der Waals surface area (Å²) in [5, 5.41) is 9.37. The fourth-order valence-corrected chi connectivity index (χ4v) is 3.79. The van der Waals surface area contributed by atoms with Crippen LogP contribution in [0.3, 0.4) is 0 Å². The minimum atomic E-state index is -0.120. The predicted octanol–water partition coefficient (Wildman–Crippen LogP) is 2.85. The van der Waals surface area contributed by atoms with Crippen LogP contribution in [-0.4, -0.2) is 20.5 Å². The van der Waals surface area contributed by atoms with E-state index >= 15 is 0 Å². The fourth-order valence-electron chi connectivity index (χ4n) is 3.15. The SMILES string of the molecule is C[C@H]1CCc2c(cnc3c(C(=O)NCc4cccs4)cnn23)C1. The third kappa shape index (κ3) is 2.63. The molecule has 0 radical (unpaired) electrons. The quantitative estimate of drug-likeness (QED) is 0.805. The van der Waals surface area contributed by atoms with E-state index in [1.807, 2.05) is 28.2 Å². The molecule has 0 aliphatic heterocycles. The summed E-state index contributed by atoms with van der Waals surface area (Å²) in [5.74, 6) is 0.566. The van der Waals surface area contributed by atoms with Crippen LogP contribution in [-0.2, 0) is 19.4 Å². The molecule has 6 heteroatoms. The molecule has 0 unspecified atom stereocenters. The lowest BCUT2D eigenvalue weighted by Gasteiger charge is -2.21. The zero-order chi connectivity index (χ0) is 15.8. The van der Waals surface area contributed by atoms with Crippen molar-refractivity contribution < 1.29 is 4.79 Å². The molecular formula is C17H18N4OS. The average Bonchev–Trinajstić information content (AvgIpc) is 3.21. The highest BCUT2D eigenvalue weighted by Gasteiger charge is 2.21. The maximum absolute atomic E-state index is 12.4. The van der Waals surface area contributed by atoms with Crippen molar-refractivity contribution in [1.29, 1.82) is 0 Å². The molecule has 0 saturated carbocycles. The molecule has 4 rings (SSSR count). The van der Waals surface area contributed by atoms with Gasteiger partial charge in [0, 0.05) is 16.8 Å². The van der Waals surface area contributed by atoms with Crippen LogP contribution in [0.4, 0.5) is 0 Å². The molecule has 1 aliphatic rings. The molecule has 3 aromatic heterocycles. The summed E-state index contributed by atoms with van der Waals surface area (Å²) in [6.45, 7) is 2.80. The van der Waals surface area contributed by atoms with Crippen molar-refractivity contribution in [2.24, 2.45) is 5.92 Å². The first-order valence-corrected chi connectivity index (χ1v) is 8.75. The molecule has 3 aromatic rings. The normalized spacial score (nSPS) is 17.2. The summed E-state index contributed by atoms with van der Waals surface area (Å²) in [5.41, 5.74) is 3.65. The van der Waals surface area contributed by atoms with E-state index in [2.05, 4.69) is 22.3 Å². The highest BCUT2D eigenvalue weighted by atomic mass is 32.1. The lowest BCUT2D eigenvalue weighted by molar-refractivity contribution is 0.0952. The molecule has 0 spiro atoms. The van der Waals surface area contributed by atoms with Crippen LogP contribution in [0, 0.1) is 5.92 Å². The van der Waals surface area contributed by atoms with Gasteiger partial charge < -0.3 is 5.32 Å². The van der Waals surface area contributed by atoms with Gasteiger partial charge in [0.05, 0.1) is 12.7 Å². The number of carbonyl (C=O) groups excluding carboxylic acids is 1. The molecule has 0 bridgehead atoms. The standard InChI is InChI=1S/C17H18N4OS/c1-11-4-5-15-12(7-11)8-18-16-14(10-20-21(15)16)17(22)19-9-13-3-2-6-23-13/h2-3,6,8,10-11H,4-5,7,9H2,1H3,(H,19,22)/t11-/m0/s1. The Kier molecular flexibility index (Phi) is 3.61. The molecule has 5 nitrogen and oxygen atoms in total. The van der Waals surface area contributed by atoms with E-state index in [-0.39, 0.29) is 5.91 Å². The number of aryl methyl sites for hydroxylation is 1. The van der Waals surface area contributed by atoms with E-state index in [4.69, 9.17) is 0 Å². The number of aromatic nitrogens is 3. The first-order chi connectivity index (χ1) is 11.2. The van der Waals surface area contributed by atoms with E-state index < -0.39 is 0 Å². The zero-order valence-electron chi connectivity index (χ0n) is 13.0. The van der Waals surface area contributed by atoms with Crippen molar-refractivity contribution >= 4 is 22.9 Å². The van der Waals surface area contributed by atoms with E-state index in [1.54, 1.807) is 17.5 Å². The van der Waals surface area contributed by atoms with Crippen LogP contribution < -0.4 is 5.32 Å². The topological polar surface area (TPSA) is 59.3 Å². The van der Waals surface area contributed by atoms with E-state index in [0.29, 0.717) is 23.7 Å². The van der Waals surface area contributed by atoms with Gasteiger partial charge in [-0.15, -0.1) is 11.3 Å². The number of thiophene rings is 1. The largest absolute Gasteiger partial charge is 0.347 e. The molecule has 118 valence electrons. The Morgan fingerprint density at radius 3 is 3.22 bits per heavy atom. The Morgan fingerprint density at radius 2 is 2.39 bits per heavy atom. The second-order valence-corrected chi connectivity index (χ2v) is 7.17. The van der Waals surface area contributed by atoms with Crippen molar-refractivity contribution in [3.8, 4) is 0 Å². The van der Waals surface area contributed by atoms with Gasteiger partial charge in [-0.1, -0.05) is 13.0 Å². The van der Waals surface area contributed by atoms with Gasteiger partial charge in [0.25, 0.3) is 5.91 Å². The van der Waals surface area contributed by atoms with Crippen molar-refractivity contribution in [2.45, 2.75) is 32.7 Å². The third-order valence-corrected chi connectivity index (χ3v) is 5.28. The highest BCUT2D eigenvalue weighted by molar-refractivity contribution is 7.09. The summed E-state index contributed by atoms with van der Waals surface area (Å²) in [6.07, 6.45) is 6.74. The average molecular weight is 326 g/mol. The number of nitrogens with zero attached hydrogens (tertiary/aromatic N) is 3. The van der Waals surface area contributed by atoms with Crippen molar-refractivity contribution in [3.63, 3.8) is 0 Å². The fraction of sp³-hybridized carbons (Fsp3) is 0.353. The molecule has 0 fully saturated rings. The first-order valence-electron chi connectivity index (χ1n) is 7.87. The summed E-state index contributed by atoms with van der Waals surface area (Å²) in [6, 6.07) is 3.99. The number of hydrogen-bond acceptors (Lipinski definition) is 4. The van der Waals surface area contributed by atoms with E-state index in [1.165, 1.54) is 11.3 Å². The molecule has 23 heavy (non-hydrogen) atoms. The number of amides is 1. The van der Waals surface area contributed by atoms with Gasteiger partial charge in [0.15, 0.2) is 5.65 Å². The minimum absolute atomic E-state index is 0.120. The van der Waals surface area contributed by atoms with E-state index in [0.717, 1.165) is 24.1 Å². The van der Waals surface area contributed by atoms with Gasteiger partial charge in [0.2, 0.25) is 0 Å². The highest BCUT2D eigenvalue weighted by Crippen LogP contribution is 2.25. The van der Waals surface area contributed by atoms with Crippen LogP contribution >= 0.6 is 11.3 Å².